The summed E-state index contributed by atoms with van der Waals surface area (Å²) in [6, 6.07) is 16.9. The number of hydrogen-bond acceptors (Lipinski definition) is 3. The van der Waals surface area contributed by atoms with Crippen molar-refractivity contribution in [2.45, 2.75) is 18.9 Å². The summed E-state index contributed by atoms with van der Waals surface area (Å²) < 4.78 is 0. The number of carboxylic acids is 1. The van der Waals surface area contributed by atoms with E-state index in [-0.39, 0.29) is 5.78 Å². The molecule has 0 amide bonds. The number of nitrogens with zero attached hydrogens (tertiary/aromatic N) is 1. The molecule has 5 heteroatoms. The molecule has 2 aromatic carbocycles. The minimum Gasteiger partial charge on any atom is -0.481 e. The highest BCUT2D eigenvalue weighted by Crippen LogP contribution is 2.32. The van der Waals surface area contributed by atoms with Crippen LogP contribution in [0.25, 0.3) is 10.9 Å². The maximum absolute atomic E-state index is 13.6. The number of nitrogens with one attached hydrogen (secondary N) is 1. The van der Waals surface area contributed by atoms with E-state index in [4.69, 9.17) is 0 Å². The van der Waals surface area contributed by atoms with Crippen LogP contribution in [-0.4, -0.2) is 39.8 Å². The van der Waals surface area contributed by atoms with Crippen LogP contribution in [0.15, 0.2) is 60.8 Å². The molecule has 0 aliphatic carbocycles. The number of hydrogen-bond donors (Lipinski definition) is 2. The number of rotatable bonds is 5. The van der Waals surface area contributed by atoms with Gasteiger partial charge >= 0.3 is 5.97 Å². The molecule has 27 heavy (non-hydrogen) atoms. The first-order valence-electron chi connectivity index (χ1n) is 9.27. The number of piperidine rings is 1. The Hall–Kier alpha value is -2.92. The third kappa shape index (κ3) is 3.38. The number of aliphatic carboxylic acids is 1. The Morgan fingerprint density at radius 3 is 2.59 bits per heavy atom. The van der Waals surface area contributed by atoms with Crippen molar-refractivity contribution in [2.75, 3.05) is 13.1 Å². The van der Waals surface area contributed by atoms with E-state index in [1.54, 1.807) is 6.20 Å². The average molecular weight is 362 g/mol. The largest absolute Gasteiger partial charge is 0.481 e. The molecule has 0 radical (unpaired) electrons. The maximum atomic E-state index is 13.6. The number of H-pyrrole nitrogens is 1. The van der Waals surface area contributed by atoms with E-state index in [9.17, 15) is 14.7 Å². The molecule has 0 saturated carbocycles. The van der Waals surface area contributed by atoms with Gasteiger partial charge in [0, 0.05) is 29.2 Å². The van der Waals surface area contributed by atoms with Crippen molar-refractivity contribution >= 4 is 22.7 Å². The SMILES string of the molecule is O=C(O)C1CCCN(C(C(=O)c2c[nH]c3ccccc23)c2ccccc2)C1. The van der Waals surface area contributed by atoms with Crippen LogP contribution in [0.5, 0.6) is 0 Å². The van der Waals surface area contributed by atoms with Crippen molar-refractivity contribution in [3.63, 3.8) is 0 Å². The molecule has 0 spiro atoms. The predicted molar refractivity (Wildman–Crippen MR) is 104 cm³/mol. The van der Waals surface area contributed by atoms with E-state index < -0.39 is 17.9 Å². The third-order valence-corrected chi connectivity index (χ3v) is 5.39. The number of para-hydroxylation sites is 1. The number of Topliss-reactive ketones (excluding diaryl/α,β-unsaturated/α-hetero) is 1. The molecule has 1 saturated heterocycles. The minimum absolute atomic E-state index is 0.00434. The lowest BCUT2D eigenvalue weighted by Crippen LogP contribution is -2.43. The van der Waals surface area contributed by atoms with Crippen molar-refractivity contribution < 1.29 is 14.7 Å². The Morgan fingerprint density at radius 1 is 1.07 bits per heavy atom. The lowest BCUT2D eigenvalue weighted by molar-refractivity contribution is -0.143. The average Bonchev–Trinajstić information content (AvgIpc) is 3.13. The van der Waals surface area contributed by atoms with E-state index in [2.05, 4.69) is 4.98 Å². The Bertz CT molecular complexity index is 964. The number of carbonyl (C=O) groups is 2. The normalized spacial score (nSPS) is 19.0. The second kappa shape index (κ2) is 7.37. The fourth-order valence-electron chi connectivity index (χ4n) is 4.03. The smallest absolute Gasteiger partial charge is 0.307 e. The molecule has 4 rings (SSSR count). The fraction of sp³-hybridized carbons (Fsp3) is 0.273. The van der Waals surface area contributed by atoms with Gasteiger partial charge in [0.05, 0.1) is 12.0 Å². The Labute approximate surface area is 157 Å². The second-order valence-electron chi connectivity index (χ2n) is 7.10. The number of carbonyl (C=O) groups excluding carboxylic acids is 1. The zero-order valence-corrected chi connectivity index (χ0v) is 15.0. The van der Waals surface area contributed by atoms with Crippen LogP contribution < -0.4 is 0 Å². The van der Waals surface area contributed by atoms with Crippen LogP contribution in [0.1, 0.15) is 34.8 Å². The highest BCUT2D eigenvalue weighted by Gasteiger charge is 2.35. The summed E-state index contributed by atoms with van der Waals surface area (Å²) in [5.41, 5.74) is 2.48. The second-order valence-corrected chi connectivity index (χ2v) is 7.10. The summed E-state index contributed by atoms with van der Waals surface area (Å²) in [6.45, 7) is 1.11. The zero-order valence-electron chi connectivity index (χ0n) is 15.0. The van der Waals surface area contributed by atoms with Crippen molar-refractivity contribution in [1.82, 2.24) is 9.88 Å². The molecular formula is C22H22N2O3. The standard InChI is InChI=1S/C22H22N2O3/c25-21(18-13-23-19-11-5-4-10-17(18)19)20(15-7-2-1-3-8-15)24-12-6-9-16(14-24)22(26)27/h1-5,7-8,10-11,13,16,20,23H,6,9,12,14H2,(H,26,27). The van der Waals surface area contributed by atoms with Crippen molar-refractivity contribution in [3.8, 4) is 0 Å². The van der Waals surface area contributed by atoms with Crippen LogP contribution in [0.2, 0.25) is 0 Å². The lowest BCUT2D eigenvalue weighted by atomic mass is 9.91. The minimum atomic E-state index is -0.786. The molecule has 3 aromatic rings. The number of carboxylic acid groups (broad SMARTS) is 1. The predicted octanol–water partition coefficient (Wildman–Crippen LogP) is 3.89. The van der Waals surface area contributed by atoms with Gasteiger partial charge in [0.1, 0.15) is 0 Å². The number of aromatic amines is 1. The van der Waals surface area contributed by atoms with E-state index >= 15 is 0 Å². The van der Waals surface area contributed by atoms with Gasteiger partial charge in [-0.05, 0) is 31.0 Å². The summed E-state index contributed by atoms with van der Waals surface area (Å²) in [4.78, 5) is 30.3. The van der Waals surface area contributed by atoms with Gasteiger partial charge in [0.25, 0.3) is 0 Å². The Kier molecular flexibility index (Phi) is 4.77. The molecule has 1 aromatic heterocycles. The lowest BCUT2D eigenvalue weighted by Gasteiger charge is -2.36. The first-order chi connectivity index (χ1) is 13.1. The summed E-state index contributed by atoms with van der Waals surface area (Å²) in [5, 5.41) is 10.4. The molecule has 2 atom stereocenters. The topological polar surface area (TPSA) is 73.4 Å². The quantitative estimate of drug-likeness (QED) is 0.676. The van der Waals surface area contributed by atoms with Gasteiger partial charge in [0.15, 0.2) is 5.78 Å². The molecule has 0 bridgehead atoms. The molecule has 2 N–H and O–H groups in total. The van der Waals surface area contributed by atoms with Gasteiger partial charge in [-0.1, -0.05) is 48.5 Å². The van der Waals surface area contributed by atoms with Crippen molar-refractivity contribution in [1.29, 1.82) is 0 Å². The zero-order chi connectivity index (χ0) is 18.8. The number of ketones is 1. The molecule has 2 heterocycles. The first kappa shape index (κ1) is 17.5. The summed E-state index contributed by atoms with van der Waals surface area (Å²) in [5.74, 6) is -1.21. The van der Waals surface area contributed by atoms with Crippen LogP contribution in [0.4, 0.5) is 0 Å². The maximum Gasteiger partial charge on any atom is 0.307 e. The number of likely N-dealkylation sites (tertiary alicyclic amines) is 1. The molecular weight excluding hydrogens is 340 g/mol. The third-order valence-electron chi connectivity index (χ3n) is 5.39. The van der Waals surface area contributed by atoms with Gasteiger partial charge in [-0.3, -0.25) is 14.5 Å². The molecule has 5 nitrogen and oxygen atoms in total. The Balaban J connectivity index is 1.74. The van der Waals surface area contributed by atoms with Crippen molar-refractivity contribution in [3.05, 3.63) is 71.9 Å². The van der Waals surface area contributed by atoms with E-state index in [0.717, 1.165) is 29.4 Å². The summed E-state index contributed by atoms with van der Waals surface area (Å²) in [7, 11) is 0. The summed E-state index contributed by atoms with van der Waals surface area (Å²) >= 11 is 0. The molecule has 1 fully saturated rings. The number of benzene rings is 2. The van der Waals surface area contributed by atoms with Gasteiger partial charge < -0.3 is 10.1 Å². The van der Waals surface area contributed by atoms with Crippen molar-refractivity contribution in [2.24, 2.45) is 5.92 Å². The van der Waals surface area contributed by atoms with E-state index in [0.29, 0.717) is 18.5 Å². The molecule has 2 unspecified atom stereocenters. The molecule has 138 valence electrons. The summed E-state index contributed by atoms with van der Waals surface area (Å²) in [6.07, 6.45) is 3.21. The highest BCUT2D eigenvalue weighted by atomic mass is 16.4. The monoisotopic (exact) mass is 362 g/mol. The first-order valence-corrected chi connectivity index (χ1v) is 9.27. The molecule has 1 aliphatic heterocycles. The van der Waals surface area contributed by atoms with Crippen LogP contribution in [0, 0.1) is 5.92 Å². The van der Waals surface area contributed by atoms with E-state index in [1.807, 2.05) is 59.5 Å². The van der Waals surface area contributed by atoms with Gasteiger partial charge in [-0.25, -0.2) is 0 Å². The Morgan fingerprint density at radius 2 is 1.81 bits per heavy atom. The number of aromatic nitrogens is 1. The van der Waals surface area contributed by atoms with Gasteiger partial charge in [-0.2, -0.15) is 0 Å². The highest BCUT2D eigenvalue weighted by molar-refractivity contribution is 6.10. The molecule has 1 aliphatic rings. The van der Waals surface area contributed by atoms with Gasteiger partial charge in [0.2, 0.25) is 0 Å². The van der Waals surface area contributed by atoms with Crippen LogP contribution >= 0.6 is 0 Å². The number of fused-ring (bicyclic) bond motifs is 1. The van der Waals surface area contributed by atoms with E-state index in [1.165, 1.54) is 0 Å². The van der Waals surface area contributed by atoms with Gasteiger partial charge in [-0.15, -0.1) is 0 Å². The van der Waals surface area contributed by atoms with Crippen LogP contribution in [-0.2, 0) is 4.79 Å². The van der Waals surface area contributed by atoms with Crippen LogP contribution in [0.3, 0.4) is 0 Å². The fourth-order valence-corrected chi connectivity index (χ4v) is 4.03.